The number of amides is 2. The third-order valence-electron chi connectivity index (χ3n) is 3.62. The van der Waals surface area contributed by atoms with Crippen molar-refractivity contribution in [3.63, 3.8) is 0 Å². The molecule has 1 fully saturated rings. The summed E-state index contributed by atoms with van der Waals surface area (Å²) in [5.41, 5.74) is 1.61. The topological polar surface area (TPSA) is 70.2 Å². The number of hydrogen-bond acceptors (Lipinski definition) is 4. The average Bonchev–Trinajstić information content (AvgIpc) is 3.00. The van der Waals surface area contributed by atoms with Gasteiger partial charge in [0, 0.05) is 30.9 Å². The molecule has 114 valence electrons. The van der Waals surface area contributed by atoms with E-state index < -0.39 is 0 Å². The summed E-state index contributed by atoms with van der Waals surface area (Å²) in [5.74, 6) is 0.134. The van der Waals surface area contributed by atoms with Crippen LogP contribution in [0.3, 0.4) is 0 Å². The lowest BCUT2D eigenvalue weighted by Gasteiger charge is -2.27. The highest BCUT2D eigenvalue weighted by Gasteiger charge is 2.19. The predicted octanol–water partition coefficient (Wildman–Crippen LogP) is 1.95. The van der Waals surface area contributed by atoms with E-state index in [2.05, 4.69) is 16.0 Å². The second-order valence-electron chi connectivity index (χ2n) is 5.25. The van der Waals surface area contributed by atoms with Crippen LogP contribution in [0.5, 0.6) is 0 Å². The fourth-order valence-corrected chi connectivity index (χ4v) is 2.84. The minimum absolute atomic E-state index is 0.159. The molecule has 0 atom stereocenters. The highest BCUT2D eigenvalue weighted by atomic mass is 32.1. The summed E-state index contributed by atoms with van der Waals surface area (Å²) in [5, 5.41) is 12.5. The number of anilines is 1. The zero-order valence-electron chi connectivity index (χ0n) is 12.0. The highest BCUT2D eigenvalue weighted by molar-refractivity contribution is 7.08. The molecule has 2 amide bonds. The number of hydrogen-bond donors (Lipinski definition) is 3. The summed E-state index contributed by atoms with van der Waals surface area (Å²) in [6.07, 6.45) is 0. The van der Waals surface area contributed by atoms with E-state index in [0.29, 0.717) is 29.3 Å². The highest BCUT2D eigenvalue weighted by Crippen LogP contribution is 2.17. The van der Waals surface area contributed by atoms with Gasteiger partial charge in [0.15, 0.2) is 0 Å². The van der Waals surface area contributed by atoms with Crippen LogP contribution in [0.2, 0.25) is 0 Å². The Balaban J connectivity index is 1.68. The Morgan fingerprint density at radius 1 is 1.18 bits per heavy atom. The van der Waals surface area contributed by atoms with Gasteiger partial charge in [-0.25, -0.2) is 0 Å². The van der Waals surface area contributed by atoms with Crippen LogP contribution >= 0.6 is 11.3 Å². The molecule has 0 radical (unpaired) electrons. The molecule has 5 nitrogen and oxygen atoms in total. The first-order valence-corrected chi connectivity index (χ1v) is 8.10. The van der Waals surface area contributed by atoms with Crippen LogP contribution in [-0.4, -0.2) is 31.4 Å². The minimum atomic E-state index is -0.204. The predicted molar refractivity (Wildman–Crippen MR) is 87.4 cm³/mol. The van der Waals surface area contributed by atoms with E-state index >= 15 is 0 Å². The number of thiophene rings is 1. The van der Waals surface area contributed by atoms with Gasteiger partial charge in [-0.05, 0) is 23.6 Å². The Kier molecular flexibility index (Phi) is 4.50. The molecule has 2 aromatic rings. The summed E-state index contributed by atoms with van der Waals surface area (Å²) in [4.78, 5) is 24.4. The molecular formula is C16H17N3O2S. The van der Waals surface area contributed by atoms with Crippen molar-refractivity contribution in [1.82, 2.24) is 10.6 Å². The van der Waals surface area contributed by atoms with Crippen molar-refractivity contribution >= 4 is 28.8 Å². The van der Waals surface area contributed by atoms with Crippen molar-refractivity contribution < 1.29 is 9.59 Å². The molecule has 0 saturated carbocycles. The van der Waals surface area contributed by atoms with E-state index in [1.807, 2.05) is 5.38 Å². The molecule has 0 aliphatic carbocycles. The standard InChI is InChI=1S/C16H17N3O2S/c20-15(12-5-6-22-10-12)19-14-4-2-1-3-13(14)16(21)18-9-11-7-17-8-11/h1-6,10-11,17H,7-9H2,(H,18,21)(H,19,20). The SMILES string of the molecule is O=C(Nc1ccccc1C(=O)NCC1CNC1)c1ccsc1. The summed E-state index contributed by atoms with van der Waals surface area (Å²) < 4.78 is 0. The van der Waals surface area contributed by atoms with Gasteiger partial charge in [0.25, 0.3) is 11.8 Å². The normalized spacial score (nSPS) is 14.2. The van der Waals surface area contributed by atoms with Gasteiger partial charge in [0.05, 0.1) is 16.8 Å². The molecule has 1 aliphatic heterocycles. The van der Waals surface area contributed by atoms with E-state index in [9.17, 15) is 9.59 Å². The number of nitrogens with one attached hydrogen (secondary N) is 3. The minimum Gasteiger partial charge on any atom is -0.352 e. The Hall–Kier alpha value is -2.18. The van der Waals surface area contributed by atoms with Crippen molar-refractivity contribution in [2.75, 3.05) is 25.0 Å². The zero-order chi connectivity index (χ0) is 15.4. The van der Waals surface area contributed by atoms with Crippen LogP contribution in [0.25, 0.3) is 0 Å². The molecular weight excluding hydrogens is 298 g/mol. The van der Waals surface area contributed by atoms with Gasteiger partial charge in [-0.3, -0.25) is 9.59 Å². The van der Waals surface area contributed by atoms with Crippen molar-refractivity contribution in [3.8, 4) is 0 Å². The first-order chi connectivity index (χ1) is 10.7. The van der Waals surface area contributed by atoms with E-state index in [-0.39, 0.29) is 11.8 Å². The third kappa shape index (κ3) is 3.35. The third-order valence-corrected chi connectivity index (χ3v) is 4.30. The molecule has 0 bridgehead atoms. The maximum atomic E-state index is 12.3. The lowest BCUT2D eigenvalue weighted by atomic mass is 10.0. The lowest BCUT2D eigenvalue weighted by Crippen LogP contribution is -2.48. The maximum Gasteiger partial charge on any atom is 0.256 e. The Morgan fingerprint density at radius 2 is 2.00 bits per heavy atom. The second-order valence-corrected chi connectivity index (χ2v) is 6.03. The molecule has 22 heavy (non-hydrogen) atoms. The second kappa shape index (κ2) is 6.72. The molecule has 6 heteroatoms. The van der Waals surface area contributed by atoms with Gasteiger partial charge < -0.3 is 16.0 Å². The Morgan fingerprint density at radius 3 is 2.68 bits per heavy atom. The zero-order valence-corrected chi connectivity index (χ0v) is 12.8. The first kappa shape index (κ1) is 14.7. The number of rotatable bonds is 5. The van der Waals surface area contributed by atoms with Crippen LogP contribution in [0, 0.1) is 5.92 Å². The monoisotopic (exact) mass is 315 g/mol. The van der Waals surface area contributed by atoms with E-state index in [4.69, 9.17) is 0 Å². The van der Waals surface area contributed by atoms with Crippen LogP contribution in [0.1, 0.15) is 20.7 Å². The molecule has 2 heterocycles. The smallest absolute Gasteiger partial charge is 0.256 e. The fraction of sp³-hybridized carbons (Fsp3) is 0.250. The summed E-state index contributed by atoms with van der Waals surface area (Å²) >= 11 is 1.46. The van der Waals surface area contributed by atoms with Crippen molar-refractivity contribution in [1.29, 1.82) is 0 Å². The van der Waals surface area contributed by atoms with Crippen molar-refractivity contribution in [2.24, 2.45) is 5.92 Å². The number of benzene rings is 1. The molecule has 1 saturated heterocycles. The van der Waals surface area contributed by atoms with E-state index in [1.54, 1.807) is 35.7 Å². The van der Waals surface area contributed by atoms with E-state index in [0.717, 1.165) is 13.1 Å². The van der Waals surface area contributed by atoms with Gasteiger partial charge in [-0.2, -0.15) is 11.3 Å². The van der Waals surface area contributed by atoms with Crippen LogP contribution in [-0.2, 0) is 0 Å². The summed E-state index contributed by atoms with van der Waals surface area (Å²) in [6, 6.07) is 8.81. The number of para-hydroxylation sites is 1. The van der Waals surface area contributed by atoms with Gasteiger partial charge in [-0.15, -0.1) is 0 Å². The van der Waals surface area contributed by atoms with E-state index in [1.165, 1.54) is 11.3 Å². The molecule has 0 spiro atoms. The largest absolute Gasteiger partial charge is 0.352 e. The number of carbonyl (C=O) groups excluding carboxylic acids is 2. The molecule has 1 aliphatic rings. The van der Waals surface area contributed by atoms with Crippen LogP contribution < -0.4 is 16.0 Å². The fourth-order valence-electron chi connectivity index (χ4n) is 2.20. The quantitative estimate of drug-likeness (QED) is 0.790. The summed E-state index contributed by atoms with van der Waals surface area (Å²) in [7, 11) is 0. The average molecular weight is 315 g/mol. The first-order valence-electron chi connectivity index (χ1n) is 7.15. The van der Waals surface area contributed by atoms with Crippen molar-refractivity contribution in [3.05, 3.63) is 52.2 Å². The Bertz CT molecular complexity index is 666. The van der Waals surface area contributed by atoms with Crippen molar-refractivity contribution in [2.45, 2.75) is 0 Å². The molecule has 3 rings (SSSR count). The van der Waals surface area contributed by atoms with Gasteiger partial charge in [0.1, 0.15) is 0 Å². The maximum absolute atomic E-state index is 12.3. The van der Waals surface area contributed by atoms with Crippen LogP contribution in [0.4, 0.5) is 5.69 Å². The Labute approximate surface area is 132 Å². The van der Waals surface area contributed by atoms with Gasteiger partial charge in [0.2, 0.25) is 0 Å². The molecule has 0 unspecified atom stereocenters. The number of carbonyl (C=O) groups is 2. The lowest BCUT2D eigenvalue weighted by molar-refractivity contribution is 0.0943. The summed E-state index contributed by atoms with van der Waals surface area (Å²) in [6.45, 7) is 2.53. The van der Waals surface area contributed by atoms with Gasteiger partial charge >= 0.3 is 0 Å². The molecule has 3 N–H and O–H groups in total. The molecule has 1 aromatic heterocycles. The van der Waals surface area contributed by atoms with Gasteiger partial charge in [-0.1, -0.05) is 12.1 Å². The molecule has 1 aromatic carbocycles. The van der Waals surface area contributed by atoms with Crippen LogP contribution in [0.15, 0.2) is 41.1 Å².